The van der Waals surface area contributed by atoms with Gasteiger partial charge < -0.3 is 10.2 Å². The summed E-state index contributed by atoms with van der Waals surface area (Å²) in [5.41, 5.74) is 1.44. The zero-order chi connectivity index (χ0) is 16.6. The largest absolute Gasteiger partial charge is 0.335 e. The van der Waals surface area contributed by atoms with Crippen LogP contribution in [0.3, 0.4) is 0 Å². The molecule has 24 heavy (non-hydrogen) atoms. The number of unbranched alkanes of at least 4 members (excludes halogenated alkanes) is 1. The van der Waals surface area contributed by atoms with Crippen molar-refractivity contribution in [1.29, 1.82) is 0 Å². The third-order valence-electron chi connectivity index (χ3n) is 5.37. The fraction of sp³-hybridized carbons (Fsp3) is 0.650. The molecule has 0 unspecified atom stereocenters. The van der Waals surface area contributed by atoms with Crippen LogP contribution in [0.2, 0.25) is 0 Å². The molecule has 132 valence electrons. The van der Waals surface area contributed by atoms with E-state index in [-0.39, 0.29) is 6.03 Å². The number of hydrogen-bond donors (Lipinski definition) is 1. The predicted molar refractivity (Wildman–Crippen MR) is 98.2 cm³/mol. The Bertz CT molecular complexity index is 491. The van der Waals surface area contributed by atoms with Crippen LogP contribution in [0.25, 0.3) is 0 Å². The molecule has 2 amide bonds. The number of nitrogens with one attached hydrogen (secondary N) is 1. The van der Waals surface area contributed by atoms with Gasteiger partial charge in [0.25, 0.3) is 0 Å². The molecule has 3 rings (SSSR count). The zero-order valence-electron chi connectivity index (χ0n) is 14.8. The topological polar surface area (TPSA) is 35.6 Å². The van der Waals surface area contributed by atoms with Gasteiger partial charge in [-0.25, -0.2) is 4.79 Å². The first kappa shape index (κ1) is 17.3. The fourth-order valence-corrected chi connectivity index (χ4v) is 3.82. The Hall–Kier alpha value is -1.55. The van der Waals surface area contributed by atoms with E-state index < -0.39 is 0 Å². The van der Waals surface area contributed by atoms with E-state index in [1.165, 1.54) is 37.7 Å². The van der Waals surface area contributed by atoms with Crippen LogP contribution in [-0.2, 0) is 6.42 Å². The number of benzene rings is 1. The first-order valence-corrected chi connectivity index (χ1v) is 9.63. The second-order valence-electron chi connectivity index (χ2n) is 7.20. The van der Waals surface area contributed by atoms with Crippen LogP contribution in [0.1, 0.15) is 44.1 Å². The molecule has 1 aliphatic carbocycles. The van der Waals surface area contributed by atoms with Crippen LogP contribution in [0.4, 0.5) is 4.79 Å². The lowest BCUT2D eigenvalue weighted by Gasteiger charge is -2.35. The number of amides is 2. The van der Waals surface area contributed by atoms with E-state index in [0.717, 1.165) is 45.6 Å². The van der Waals surface area contributed by atoms with Gasteiger partial charge in [0.05, 0.1) is 0 Å². The Morgan fingerprint density at radius 2 is 1.71 bits per heavy atom. The zero-order valence-corrected chi connectivity index (χ0v) is 14.8. The van der Waals surface area contributed by atoms with Gasteiger partial charge in [0.15, 0.2) is 0 Å². The molecule has 1 N–H and O–H groups in total. The average Bonchev–Trinajstić information content (AvgIpc) is 3.13. The molecule has 1 heterocycles. The van der Waals surface area contributed by atoms with Gasteiger partial charge in [-0.3, -0.25) is 4.90 Å². The molecule has 1 saturated heterocycles. The highest BCUT2D eigenvalue weighted by Gasteiger charge is 2.24. The number of piperazine rings is 1. The number of nitrogens with zero attached hydrogens (tertiary/aromatic N) is 2. The van der Waals surface area contributed by atoms with E-state index in [2.05, 4.69) is 40.5 Å². The van der Waals surface area contributed by atoms with Crippen molar-refractivity contribution in [2.24, 2.45) is 0 Å². The van der Waals surface area contributed by atoms with E-state index >= 15 is 0 Å². The summed E-state index contributed by atoms with van der Waals surface area (Å²) in [7, 11) is 0. The molecule has 1 aromatic carbocycles. The first-order chi connectivity index (χ1) is 11.8. The Kier molecular flexibility index (Phi) is 6.53. The van der Waals surface area contributed by atoms with E-state index in [4.69, 9.17) is 0 Å². The summed E-state index contributed by atoms with van der Waals surface area (Å²) in [6.45, 7) is 4.94. The van der Waals surface area contributed by atoms with Crippen LogP contribution in [0, 0.1) is 0 Å². The molecule has 2 aliphatic rings. The first-order valence-electron chi connectivity index (χ1n) is 9.63. The van der Waals surface area contributed by atoms with Crippen LogP contribution < -0.4 is 5.32 Å². The number of urea groups is 1. The molecular weight excluding hydrogens is 298 g/mol. The molecule has 0 radical (unpaired) electrons. The predicted octanol–water partition coefficient (Wildman–Crippen LogP) is 3.28. The lowest BCUT2D eigenvalue weighted by molar-refractivity contribution is 0.136. The molecule has 1 saturated carbocycles. The minimum atomic E-state index is 0.158. The molecule has 4 nitrogen and oxygen atoms in total. The highest BCUT2D eigenvalue weighted by Crippen LogP contribution is 2.18. The summed E-state index contributed by atoms with van der Waals surface area (Å²) in [4.78, 5) is 16.8. The normalized spacial score (nSPS) is 19.6. The van der Waals surface area contributed by atoms with Gasteiger partial charge in [-0.1, -0.05) is 43.2 Å². The second kappa shape index (κ2) is 9.07. The molecular formula is C20H31N3O. The maximum absolute atomic E-state index is 12.3. The Labute approximate surface area is 146 Å². The number of carbonyl (C=O) groups is 1. The van der Waals surface area contributed by atoms with Gasteiger partial charge in [0, 0.05) is 32.2 Å². The van der Waals surface area contributed by atoms with E-state index in [0.29, 0.717) is 6.04 Å². The maximum Gasteiger partial charge on any atom is 0.317 e. The van der Waals surface area contributed by atoms with Crippen molar-refractivity contribution < 1.29 is 4.79 Å². The standard InChI is InChI=1S/C20H31N3O/c24-20(21-19-11-4-5-12-19)23-16-14-22(15-17-23)13-7-6-10-18-8-2-1-3-9-18/h1-3,8-9,19H,4-7,10-17H2,(H,21,24). The quantitative estimate of drug-likeness (QED) is 0.813. The van der Waals surface area contributed by atoms with Gasteiger partial charge >= 0.3 is 6.03 Å². The maximum atomic E-state index is 12.3. The molecule has 0 spiro atoms. The van der Waals surface area contributed by atoms with Crippen molar-refractivity contribution in [1.82, 2.24) is 15.1 Å². The van der Waals surface area contributed by atoms with E-state index in [1.807, 2.05) is 4.90 Å². The Morgan fingerprint density at radius 3 is 2.42 bits per heavy atom. The highest BCUT2D eigenvalue weighted by molar-refractivity contribution is 5.74. The SMILES string of the molecule is O=C(NC1CCCC1)N1CCN(CCCCc2ccccc2)CC1. The molecule has 1 aliphatic heterocycles. The van der Waals surface area contributed by atoms with Gasteiger partial charge in [0.1, 0.15) is 0 Å². The van der Waals surface area contributed by atoms with Gasteiger partial charge in [-0.05, 0) is 44.2 Å². The van der Waals surface area contributed by atoms with Crippen molar-refractivity contribution in [2.75, 3.05) is 32.7 Å². The summed E-state index contributed by atoms with van der Waals surface area (Å²) in [5, 5.41) is 3.20. The average molecular weight is 329 g/mol. The number of carbonyl (C=O) groups excluding carboxylic acids is 1. The number of hydrogen-bond acceptors (Lipinski definition) is 2. The highest BCUT2D eigenvalue weighted by atomic mass is 16.2. The Morgan fingerprint density at radius 1 is 1.00 bits per heavy atom. The summed E-state index contributed by atoms with van der Waals surface area (Å²) >= 11 is 0. The second-order valence-corrected chi connectivity index (χ2v) is 7.20. The minimum absolute atomic E-state index is 0.158. The summed E-state index contributed by atoms with van der Waals surface area (Å²) in [6, 6.07) is 11.3. The number of rotatable bonds is 6. The molecule has 0 aromatic heterocycles. The lowest BCUT2D eigenvalue weighted by atomic mass is 10.1. The van der Waals surface area contributed by atoms with Crippen molar-refractivity contribution in [3.8, 4) is 0 Å². The molecule has 2 fully saturated rings. The fourth-order valence-electron chi connectivity index (χ4n) is 3.82. The van der Waals surface area contributed by atoms with E-state index in [1.54, 1.807) is 0 Å². The van der Waals surface area contributed by atoms with Crippen LogP contribution in [0.5, 0.6) is 0 Å². The summed E-state index contributed by atoms with van der Waals surface area (Å²) in [6.07, 6.45) is 8.50. The van der Waals surface area contributed by atoms with Crippen molar-refractivity contribution >= 4 is 6.03 Å². The van der Waals surface area contributed by atoms with Crippen LogP contribution in [0.15, 0.2) is 30.3 Å². The lowest BCUT2D eigenvalue weighted by Crippen LogP contribution is -2.53. The third kappa shape index (κ3) is 5.23. The molecule has 0 atom stereocenters. The number of aryl methyl sites for hydroxylation is 1. The van der Waals surface area contributed by atoms with Gasteiger partial charge in [0.2, 0.25) is 0 Å². The monoisotopic (exact) mass is 329 g/mol. The molecule has 4 heteroatoms. The van der Waals surface area contributed by atoms with Gasteiger partial charge in [-0.2, -0.15) is 0 Å². The van der Waals surface area contributed by atoms with Crippen molar-refractivity contribution in [2.45, 2.75) is 51.0 Å². The van der Waals surface area contributed by atoms with Gasteiger partial charge in [-0.15, -0.1) is 0 Å². The van der Waals surface area contributed by atoms with Crippen LogP contribution in [-0.4, -0.2) is 54.6 Å². The Balaban J connectivity index is 1.28. The molecule has 1 aromatic rings. The van der Waals surface area contributed by atoms with E-state index in [9.17, 15) is 4.79 Å². The summed E-state index contributed by atoms with van der Waals surface area (Å²) in [5.74, 6) is 0. The minimum Gasteiger partial charge on any atom is -0.335 e. The summed E-state index contributed by atoms with van der Waals surface area (Å²) < 4.78 is 0. The van der Waals surface area contributed by atoms with Crippen molar-refractivity contribution in [3.05, 3.63) is 35.9 Å². The van der Waals surface area contributed by atoms with Crippen LogP contribution >= 0.6 is 0 Å². The smallest absolute Gasteiger partial charge is 0.317 e. The van der Waals surface area contributed by atoms with Crippen molar-refractivity contribution in [3.63, 3.8) is 0 Å². The molecule has 0 bridgehead atoms. The third-order valence-corrected chi connectivity index (χ3v) is 5.37.